The number of rotatable bonds is 3. The van der Waals surface area contributed by atoms with E-state index >= 15 is 0 Å². The minimum absolute atomic E-state index is 0.0232. The van der Waals surface area contributed by atoms with Crippen LogP contribution in [0.25, 0.3) is 0 Å². The summed E-state index contributed by atoms with van der Waals surface area (Å²) in [6, 6.07) is 0. The van der Waals surface area contributed by atoms with Gasteiger partial charge in [0.15, 0.2) is 9.84 Å². The van der Waals surface area contributed by atoms with Gasteiger partial charge in [-0.05, 0) is 18.9 Å². The van der Waals surface area contributed by atoms with E-state index in [4.69, 9.17) is 5.73 Å². The van der Waals surface area contributed by atoms with E-state index in [-0.39, 0.29) is 23.3 Å². The molecule has 0 radical (unpaired) electrons. The van der Waals surface area contributed by atoms with Gasteiger partial charge in [-0.25, -0.2) is 8.42 Å². The summed E-state index contributed by atoms with van der Waals surface area (Å²) in [5.74, 6) is 0.473. The number of hydrogen-bond acceptors (Lipinski definition) is 4. The number of hydrogen-bond donors (Lipinski definition) is 1. The van der Waals surface area contributed by atoms with Gasteiger partial charge in [-0.3, -0.25) is 4.79 Å². The summed E-state index contributed by atoms with van der Waals surface area (Å²) in [6.07, 6.45) is 0.960. The SMILES string of the molecule is CC(CN)CC(=O)N1CCCS(=O)(=O)CC1. The lowest BCUT2D eigenvalue weighted by molar-refractivity contribution is -0.131. The van der Waals surface area contributed by atoms with Gasteiger partial charge in [-0.1, -0.05) is 6.92 Å². The first kappa shape index (κ1) is 13.4. The second-order valence-electron chi connectivity index (χ2n) is 4.43. The molecule has 1 heterocycles. The molecule has 16 heavy (non-hydrogen) atoms. The number of amides is 1. The third-order valence-corrected chi connectivity index (χ3v) is 4.55. The molecule has 0 bridgehead atoms. The maximum absolute atomic E-state index is 11.8. The Morgan fingerprint density at radius 3 is 2.69 bits per heavy atom. The Morgan fingerprint density at radius 1 is 1.38 bits per heavy atom. The molecule has 94 valence electrons. The molecule has 0 aromatic carbocycles. The van der Waals surface area contributed by atoms with Crippen molar-refractivity contribution in [3.8, 4) is 0 Å². The molecule has 1 atom stereocenters. The van der Waals surface area contributed by atoms with Gasteiger partial charge in [-0.2, -0.15) is 0 Å². The molecule has 0 saturated carbocycles. The molecule has 0 aromatic rings. The summed E-state index contributed by atoms with van der Waals surface area (Å²) in [4.78, 5) is 13.5. The summed E-state index contributed by atoms with van der Waals surface area (Å²) in [5.41, 5.74) is 5.46. The first-order valence-corrected chi connectivity index (χ1v) is 7.45. The molecule has 0 aliphatic carbocycles. The molecular weight excluding hydrogens is 228 g/mol. The molecule has 1 aliphatic rings. The Kier molecular flexibility index (Phi) is 4.73. The Hall–Kier alpha value is -0.620. The largest absolute Gasteiger partial charge is 0.342 e. The minimum Gasteiger partial charge on any atom is -0.342 e. The molecule has 1 amide bonds. The highest BCUT2D eigenvalue weighted by Gasteiger charge is 2.22. The Morgan fingerprint density at radius 2 is 2.06 bits per heavy atom. The van der Waals surface area contributed by atoms with E-state index in [1.54, 1.807) is 4.90 Å². The molecule has 1 aliphatic heterocycles. The number of nitrogens with zero attached hydrogens (tertiary/aromatic N) is 1. The quantitative estimate of drug-likeness (QED) is 0.738. The fraction of sp³-hybridized carbons (Fsp3) is 0.900. The van der Waals surface area contributed by atoms with Crippen LogP contribution in [0, 0.1) is 5.92 Å². The predicted molar refractivity (Wildman–Crippen MR) is 62.7 cm³/mol. The first-order valence-electron chi connectivity index (χ1n) is 5.63. The van der Waals surface area contributed by atoms with Crippen LogP contribution in [0.3, 0.4) is 0 Å². The van der Waals surface area contributed by atoms with Crippen LogP contribution in [0.1, 0.15) is 19.8 Å². The fourth-order valence-corrected chi connectivity index (χ4v) is 2.97. The molecule has 6 heteroatoms. The third kappa shape index (κ3) is 4.09. The van der Waals surface area contributed by atoms with Gasteiger partial charge in [0.1, 0.15) is 0 Å². The van der Waals surface area contributed by atoms with Crippen molar-refractivity contribution in [2.75, 3.05) is 31.1 Å². The van der Waals surface area contributed by atoms with Gasteiger partial charge in [-0.15, -0.1) is 0 Å². The number of nitrogens with two attached hydrogens (primary N) is 1. The molecule has 1 unspecified atom stereocenters. The van der Waals surface area contributed by atoms with Gasteiger partial charge in [0.25, 0.3) is 0 Å². The van der Waals surface area contributed by atoms with Crippen molar-refractivity contribution in [1.82, 2.24) is 4.90 Å². The van der Waals surface area contributed by atoms with Crippen molar-refractivity contribution < 1.29 is 13.2 Å². The maximum Gasteiger partial charge on any atom is 0.222 e. The fourth-order valence-electron chi connectivity index (χ4n) is 1.70. The van der Waals surface area contributed by atoms with E-state index in [0.717, 1.165) is 0 Å². The van der Waals surface area contributed by atoms with Crippen LogP contribution in [-0.4, -0.2) is 50.4 Å². The molecule has 2 N–H and O–H groups in total. The second-order valence-corrected chi connectivity index (χ2v) is 6.73. The van der Waals surface area contributed by atoms with Crippen LogP contribution in [0.2, 0.25) is 0 Å². The Bertz CT molecular complexity index is 340. The van der Waals surface area contributed by atoms with E-state index in [1.165, 1.54) is 0 Å². The summed E-state index contributed by atoms with van der Waals surface area (Å²) >= 11 is 0. The zero-order valence-electron chi connectivity index (χ0n) is 9.68. The molecule has 0 spiro atoms. The van der Waals surface area contributed by atoms with Gasteiger partial charge < -0.3 is 10.6 Å². The van der Waals surface area contributed by atoms with Crippen molar-refractivity contribution >= 4 is 15.7 Å². The lowest BCUT2D eigenvalue weighted by Gasteiger charge is -2.21. The van der Waals surface area contributed by atoms with E-state index in [2.05, 4.69) is 0 Å². The monoisotopic (exact) mass is 248 g/mol. The zero-order chi connectivity index (χ0) is 12.2. The zero-order valence-corrected chi connectivity index (χ0v) is 10.5. The highest BCUT2D eigenvalue weighted by molar-refractivity contribution is 7.91. The molecule has 1 fully saturated rings. The minimum atomic E-state index is -2.94. The Labute approximate surface area is 96.9 Å². The average Bonchev–Trinajstić information content (AvgIpc) is 2.39. The highest BCUT2D eigenvalue weighted by Crippen LogP contribution is 2.09. The van der Waals surface area contributed by atoms with E-state index in [9.17, 15) is 13.2 Å². The summed E-state index contributed by atoms with van der Waals surface area (Å²) in [7, 11) is -2.94. The summed E-state index contributed by atoms with van der Waals surface area (Å²) in [6.45, 7) is 3.29. The molecule has 0 aromatic heterocycles. The van der Waals surface area contributed by atoms with Crippen molar-refractivity contribution in [2.45, 2.75) is 19.8 Å². The molecule has 5 nitrogen and oxygen atoms in total. The van der Waals surface area contributed by atoms with Crippen molar-refractivity contribution in [2.24, 2.45) is 11.7 Å². The standard InChI is InChI=1S/C10H20N2O3S/c1-9(8-11)7-10(13)12-3-2-5-16(14,15)6-4-12/h9H,2-8,11H2,1H3. The molecule has 1 rings (SSSR count). The lowest BCUT2D eigenvalue weighted by atomic mass is 10.1. The number of sulfone groups is 1. The Balaban J connectivity index is 2.51. The van der Waals surface area contributed by atoms with Crippen LogP contribution in [0.15, 0.2) is 0 Å². The van der Waals surface area contributed by atoms with Crippen molar-refractivity contribution in [1.29, 1.82) is 0 Å². The topological polar surface area (TPSA) is 80.5 Å². The van der Waals surface area contributed by atoms with Crippen LogP contribution in [0.5, 0.6) is 0 Å². The number of carbonyl (C=O) groups is 1. The van der Waals surface area contributed by atoms with Crippen molar-refractivity contribution in [3.05, 3.63) is 0 Å². The molecular formula is C10H20N2O3S. The van der Waals surface area contributed by atoms with E-state index in [1.807, 2.05) is 6.92 Å². The van der Waals surface area contributed by atoms with Crippen molar-refractivity contribution in [3.63, 3.8) is 0 Å². The molecule has 1 saturated heterocycles. The third-order valence-electron chi connectivity index (χ3n) is 2.83. The van der Waals surface area contributed by atoms with E-state index in [0.29, 0.717) is 32.5 Å². The average molecular weight is 248 g/mol. The number of carbonyl (C=O) groups excluding carboxylic acids is 1. The van der Waals surface area contributed by atoms with Crippen LogP contribution >= 0.6 is 0 Å². The van der Waals surface area contributed by atoms with Crippen LogP contribution < -0.4 is 5.73 Å². The lowest BCUT2D eigenvalue weighted by Crippen LogP contribution is -2.35. The van der Waals surface area contributed by atoms with Crippen LogP contribution in [0.4, 0.5) is 0 Å². The van der Waals surface area contributed by atoms with Gasteiger partial charge in [0, 0.05) is 19.5 Å². The normalized spacial score (nSPS) is 22.5. The predicted octanol–water partition coefficient (Wildman–Crippen LogP) is -0.382. The van der Waals surface area contributed by atoms with Crippen LogP contribution in [-0.2, 0) is 14.6 Å². The van der Waals surface area contributed by atoms with E-state index < -0.39 is 9.84 Å². The highest BCUT2D eigenvalue weighted by atomic mass is 32.2. The summed E-state index contributed by atoms with van der Waals surface area (Å²) in [5, 5.41) is 0. The summed E-state index contributed by atoms with van der Waals surface area (Å²) < 4.78 is 22.7. The maximum atomic E-state index is 11.8. The van der Waals surface area contributed by atoms with Gasteiger partial charge in [0.2, 0.25) is 5.91 Å². The van der Waals surface area contributed by atoms with Gasteiger partial charge >= 0.3 is 0 Å². The second kappa shape index (κ2) is 5.63. The van der Waals surface area contributed by atoms with Gasteiger partial charge in [0.05, 0.1) is 11.5 Å². The smallest absolute Gasteiger partial charge is 0.222 e. The first-order chi connectivity index (χ1) is 7.44.